The molecule has 1 heterocycles. The van der Waals surface area contributed by atoms with Gasteiger partial charge in [0.05, 0.1) is 11.4 Å². The van der Waals surface area contributed by atoms with Crippen LogP contribution < -0.4 is 10.6 Å². The van der Waals surface area contributed by atoms with Gasteiger partial charge in [0, 0.05) is 18.9 Å². The Labute approximate surface area is 137 Å². The van der Waals surface area contributed by atoms with Crippen LogP contribution in [0.1, 0.15) is 6.42 Å². The number of halogens is 2. The van der Waals surface area contributed by atoms with Gasteiger partial charge in [-0.2, -0.15) is 0 Å². The molecule has 0 saturated heterocycles. The van der Waals surface area contributed by atoms with Crippen molar-refractivity contribution in [3.63, 3.8) is 0 Å². The third-order valence-electron chi connectivity index (χ3n) is 3.78. The second-order valence-corrected chi connectivity index (χ2v) is 6.94. The minimum absolute atomic E-state index is 0.0843. The molecule has 2 amide bonds. The number of nitrogens with zero attached hydrogens (tertiary/aromatic N) is 1. The Balaban J connectivity index is 1.81. The van der Waals surface area contributed by atoms with Crippen molar-refractivity contribution in [2.24, 2.45) is 5.92 Å². The van der Waals surface area contributed by atoms with Gasteiger partial charge >= 0.3 is 0 Å². The van der Waals surface area contributed by atoms with E-state index in [9.17, 15) is 9.59 Å². The van der Waals surface area contributed by atoms with Gasteiger partial charge in [-0.05, 0) is 30.0 Å². The number of alkyl halides is 2. The van der Waals surface area contributed by atoms with E-state index < -0.39 is 4.33 Å². The lowest BCUT2D eigenvalue weighted by Crippen LogP contribution is -2.23. The van der Waals surface area contributed by atoms with Gasteiger partial charge in [-0.25, -0.2) is 0 Å². The molecule has 0 spiro atoms. The van der Waals surface area contributed by atoms with Crippen LogP contribution in [-0.4, -0.2) is 27.8 Å². The highest BCUT2D eigenvalue weighted by Gasteiger charge is 2.56. The summed E-state index contributed by atoms with van der Waals surface area (Å²) in [7, 11) is 1.60. The molecule has 2 aromatic rings. The molecule has 1 aromatic carbocycles. The van der Waals surface area contributed by atoms with E-state index in [2.05, 4.69) is 10.6 Å². The number of hydrogen-bond donors (Lipinski definition) is 2. The molecule has 116 valence electrons. The van der Waals surface area contributed by atoms with Gasteiger partial charge in [0.25, 0.3) is 0 Å². The number of rotatable bonds is 4. The van der Waals surface area contributed by atoms with Crippen molar-refractivity contribution in [1.82, 2.24) is 9.88 Å². The zero-order chi connectivity index (χ0) is 15.9. The van der Waals surface area contributed by atoms with Crippen LogP contribution in [0.25, 0.3) is 10.9 Å². The Hall–Kier alpha value is -1.72. The zero-order valence-corrected chi connectivity index (χ0v) is 13.4. The molecule has 0 radical (unpaired) electrons. The number of fused-ring (bicyclic) bond motifs is 1. The maximum Gasteiger partial charge on any atom is 0.239 e. The average molecular weight is 340 g/mol. The largest absolute Gasteiger partial charge is 0.358 e. The number of hydrogen-bond acceptors (Lipinski definition) is 2. The SMILES string of the molecule is CNC(=O)Cn1ccc2ccc(NC(=O)[C@@H]3CC3(Cl)Cl)cc21. The number of benzene rings is 1. The molecular weight excluding hydrogens is 325 g/mol. The lowest BCUT2D eigenvalue weighted by molar-refractivity contribution is -0.121. The summed E-state index contributed by atoms with van der Waals surface area (Å²) < 4.78 is 0.891. The van der Waals surface area contributed by atoms with E-state index in [1.165, 1.54) is 0 Å². The van der Waals surface area contributed by atoms with Crippen molar-refractivity contribution in [3.05, 3.63) is 30.5 Å². The molecule has 1 aromatic heterocycles. The number of carbonyl (C=O) groups is 2. The van der Waals surface area contributed by atoms with E-state index in [0.717, 1.165) is 10.9 Å². The summed E-state index contributed by atoms with van der Waals surface area (Å²) in [4.78, 5) is 23.5. The van der Waals surface area contributed by atoms with Crippen molar-refractivity contribution in [2.45, 2.75) is 17.3 Å². The Morgan fingerprint density at radius 2 is 2.09 bits per heavy atom. The molecular formula is C15H15Cl2N3O2. The van der Waals surface area contributed by atoms with E-state index in [-0.39, 0.29) is 24.3 Å². The first-order valence-corrected chi connectivity index (χ1v) is 7.64. The summed E-state index contributed by atoms with van der Waals surface area (Å²) in [5, 5.41) is 6.40. The van der Waals surface area contributed by atoms with Crippen LogP contribution >= 0.6 is 23.2 Å². The second-order valence-electron chi connectivity index (χ2n) is 5.40. The van der Waals surface area contributed by atoms with Crippen LogP contribution in [0.4, 0.5) is 5.69 Å². The maximum absolute atomic E-state index is 12.0. The van der Waals surface area contributed by atoms with Crippen LogP contribution in [0.3, 0.4) is 0 Å². The van der Waals surface area contributed by atoms with Crippen molar-refractivity contribution >= 4 is 51.6 Å². The maximum atomic E-state index is 12.0. The van der Waals surface area contributed by atoms with Crippen molar-refractivity contribution in [2.75, 3.05) is 12.4 Å². The molecule has 0 unspecified atom stereocenters. The number of anilines is 1. The number of nitrogens with one attached hydrogen (secondary N) is 2. The van der Waals surface area contributed by atoms with E-state index in [0.29, 0.717) is 12.1 Å². The van der Waals surface area contributed by atoms with Crippen LogP contribution in [0.5, 0.6) is 0 Å². The summed E-state index contributed by atoms with van der Waals surface area (Å²) in [6, 6.07) is 7.47. The van der Waals surface area contributed by atoms with Gasteiger partial charge in [-0.15, -0.1) is 23.2 Å². The van der Waals surface area contributed by atoms with E-state index in [1.54, 1.807) is 7.05 Å². The summed E-state index contributed by atoms with van der Waals surface area (Å²) in [6.07, 6.45) is 2.31. The highest BCUT2D eigenvalue weighted by Crippen LogP contribution is 2.53. The Morgan fingerprint density at radius 3 is 2.73 bits per heavy atom. The highest BCUT2D eigenvalue weighted by molar-refractivity contribution is 6.52. The van der Waals surface area contributed by atoms with E-state index in [4.69, 9.17) is 23.2 Å². The Bertz CT molecular complexity index is 754. The highest BCUT2D eigenvalue weighted by atomic mass is 35.5. The molecule has 1 aliphatic carbocycles. The molecule has 0 aliphatic heterocycles. The second kappa shape index (κ2) is 5.48. The number of carbonyl (C=O) groups excluding carboxylic acids is 2. The van der Waals surface area contributed by atoms with Gasteiger partial charge < -0.3 is 15.2 Å². The number of amides is 2. The van der Waals surface area contributed by atoms with Crippen molar-refractivity contribution in [1.29, 1.82) is 0 Å². The third kappa shape index (κ3) is 2.91. The van der Waals surface area contributed by atoms with E-state index >= 15 is 0 Å². The fourth-order valence-corrected chi connectivity index (χ4v) is 2.87. The molecule has 1 atom stereocenters. The van der Waals surface area contributed by atoms with Crippen LogP contribution in [0.2, 0.25) is 0 Å². The predicted octanol–water partition coefficient (Wildman–Crippen LogP) is 2.52. The van der Waals surface area contributed by atoms with Gasteiger partial charge in [0.1, 0.15) is 10.9 Å². The van der Waals surface area contributed by atoms with Crippen LogP contribution in [-0.2, 0) is 16.1 Å². The van der Waals surface area contributed by atoms with Crippen LogP contribution in [0.15, 0.2) is 30.5 Å². The molecule has 3 rings (SSSR count). The third-order valence-corrected chi connectivity index (χ3v) is 4.61. The summed E-state index contributed by atoms with van der Waals surface area (Å²) >= 11 is 11.8. The molecule has 22 heavy (non-hydrogen) atoms. The molecule has 1 aliphatic rings. The topological polar surface area (TPSA) is 63.1 Å². The molecule has 5 nitrogen and oxygen atoms in total. The summed E-state index contributed by atoms with van der Waals surface area (Å²) in [5.41, 5.74) is 1.53. The Kier molecular flexibility index (Phi) is 3.78. The smallest absolute Gasteiger partial charge is 0.239 e. The molecule has 0 bridgehead atoms. The van der Waals surface area contributed by atoms with Crippen molar-refractivity contribution in [3.8, 4) is 0 Å². The quantitative estimate of drug-likeness (QED) is 0.840. The first-order chi connectivity index (χ1) is 10.4. The fraction of sp³-hybridized carbons (Fsp3) is 0.333. The lowest BCUT2D eigenvalue weighted by Gasteiger charge is -2.08. The minimum Gasteiger partial charge on any atom is -0.358 e. The van der Waals surface area contributed by atoms with Crippen LogP contribution in [0, 0.1) is 5.92 Å². The van der Waals surface area contributed by atoms with E-state index in [1.807, 2.05) is 35.0 Å². The fourth-order valence-electron chi connectivity index (χ4n) is 2.36. The normalized spacial score (nSPS) is 19.0. The first kappa shape index (κ1) is 15.2. The molecule has 1 saturated carbocycles. The molecule has 2 N–H and O–H groups in total. The predicted molar refractivity (Wildman–Crippen MR) is 87.2 cm³/mol. The number of aromatic nitrogens is 1. The average Bonchev–Trinajstić information content (AvgIpc) is 2.95. The number of likely N-dealkylation sites (N-methyl/N-ethyl adjacent to an activating group) is 1. The van der Waals surface area contributed by atoms with Gasteiger partial charge in [0.2, 0.25) is 11.8 Å². The summed E-state index contributed by atoms with van der Waals surface area (Å²) in [5.74, 6) is -0.642. The first-order valence-electron chi connectivity index (χ1n) is 6.89. The standard InChI is InChI=1S/C15H15Cl2N3O2/c1-18-13(21)8-20-5-4-9-2-3-10(6-12(9)20)19-14(22)11-7-15(11,16)17/h2-6,11H,7-8H2,1H3,(H,18,21)(H,19,22)/t11-/m0/s1. The Morgan fingerprint density at radius 1 is 1.36 bits per heavy atom. The molecule has 1 fully saturated rings. The zero-order valence-electron chi connectivity index (χ0n) is 11.9. The lowest BCUT2D eigenvalue weighted by atomic mass is 10.2. The van der Waals surface area contributed by atoms with Gasteiger partial charge in [-0.1, -0.05) is 6.07 Å². The van der Waals surface area contributed by atoms with Gasteiger partial charge in [0.15, 0.2) is 0 Å². The molecule has 7 heteroatoms. The van der Waals surface area contributed by atoms with Gasteiger partial charge in [-0.3, -0.25) is 9.59 Å². The monoisotopic (exact) mass is 339 g/mol. The summed E-state index contributed by atoms with van der Waals surface area (Å²) in [6.45, 7) is 0.229. The van der Waals surface area contributed by atoms with Crippen molar-refractivity contribution < 1.29 is 9.59 Å². The minimum atomic E-state index is -0.937.